The van der Waals surface area contributed by atoms with E-state index in [2.05, 4.69) is 0 Å². The maximum Gasteiger partial charge on any atom is 0.295 e. The molecule has 0 aliphatic carbocycles. The molecule has 0 unspecified atom stereocenters. The number of amides is 3. The van der Waals surface area contributed by atoms with Gasteiger partial charge in [0.25, 0.3) is 17.7 Å². The molecule has 6 heteroatoms. The number of benzene rings is 2. The van der Waals surface area contributed by atoms with Crippen LogP contribution < -0.4 is 4.90 Å². The Hall–Kier alpha value is -3.67. The summed E-state index contributed by atoms with van der Waals surface area (Å²) in [5.41, 5.74) is 2.14. The van der Waals surface area contributed by atoms with Crippen LogP contribution in [0.4, 0.5) is 5.69 Å². The van der Waals surface area contributed by atoms with Crippen LogP contribution in [-0.4, -0.2) is 29.3 Å². The molecule has 0 saturated carbocycles. The lowest BCUT2D eigenvalue weighted by Gasteiger charge is -2.27. The van der Waals surface area contributed by atoms with Gasteiger partial charge in [-0.15, -0.1) is 0 Å². The van der Waals surface area contributed by atoms with E-state index >= 15 is 0 Å². The number of imide groups is 1. The van der Waals surface area contributed by atoms with E-state index in [1.165, 1.54) is 11.2 Å². The van der Waals surface area contributed by atoms with Crippen molar-refractivity contribution in [2.45, 2.75) is 6.92 Å². The number of nitrogens with zero attached hydrogens (tertiary/aromatic N) is 2. The van der Waals surface area contributed by atoms with Crippen LogP contribution in [0.5, 0.6) is 0 Å². The smallest absolute Gasteiger partial charge is 0.295 e. The van der Waals surface area contributed by atoms with Crippen molar-refractivity contribution in [3.05, 3.63) is 89.4 Å². The van der Waals surface area contributed by atoms with E-state index in [0.29, 0.717) is 16.8 Å². The number of carbonyl (C=O) groups is 3. The van der Waals surface area contributed by atoms with Gasteiger partial charge < -0.3 is 4.42 Å². The minimum absolute atomic E-state index is 0.134. The molecule has 6 nitrogen and oxygen atoms in total. The van der Waals surface area contributed by atoms with Crippen molar-refractivity contribution in [2.75, 3.05) is 11.6 Å². The molecule has 2 heterocycles. The predicted molar refractivity (Wildman–Crippen MR) is 98.5 cm³/mol. The molecule has 3 amide bonds. The van der Waals surface area contributed by atoms with Crippen LogP contribution in [0.1, 0.15) is 36.8 Å². The number of rotatable bonds is 4. The van der Waals surface area contributed by atoms with Crippen LogP contribution in [0.3, 0.4) is 0 Å². The Labute approximate surface area is 155 Å². The van der Waals surface area contributed by atoms with Gasteiger partial charge in [-0.3, -0.25) is 24.2 Å². The monoisotopic (exact) mass is 360 g/mol. The Kier molecular flexibility index (Phi) is 4.08. The number of para-hydroxylation sites is 1. The molecule has 0 fully saturated rings. The minimum Gasteiger partial charge on any atom is -0.459 e. The van der Waals surface area contributed by atoms with Crippen molar-refractivity contribution >= 4 is 23.4 Å². The highest BCUT2D eigenvalue weighted by Gasteiger charge is 2.37. The van der Waals surface area contributed by atoms with Gasteiger partial charge in [-0.1, -0.05) is 30.3 Å². The summed E-state index contributed by atoms with van der Waals surface area (Å²) in [6.07, 6.45) is 1.41. The molecular weight excluding hydrogens is 344 g/mol. The van der Waals surface area contributed by atoms with E-state index in [1.54, 1.807) is 48.5 Å². The minimum atomic E-state index is -0.425. The fraction of sp³-hybridized carbons (Fsp3) is 0.0952. The molecule has 1 aromatic heterocycles. The lowest BCUT2D eigenvalue weighted by molar-refractivity contribution is 0.0649. The van der Waals surface area contributed by atoms with E-state index in [9.17, 15) is 14.4 Å². The first-order valence-corrected chi connectivity index (χ1v) is 8.44. The molecule has 0 saturated heterocycles. The highest BCUT2D eigenvalue weighted by molar-refractivity contribution is 6.21. The van der Waals surface area contributed by atoms with E-state index in [-0.39, 0.29) is 12.4 Å². The maximum atomic E-state index is 13.0. The predicted octanol–water partition coefficient (Wildman–Crippen LogP) is 3.49. The van der Waals surface area contributed by atoms with Gasteiger partial charge in [-0.25, -0.2) is 0 Å². The van der Waals surface area contributed by atoms with E-state index in [4.69, 9.17) is 4.42 Å². The summed E-state index contributed by atoms with van der Waals surface area (Å²) in [5.74, 6) is -1.12. The molecule has 134 valence electrons. The lowest BCUT2D eigenvalue weighted by atomic mass is 10.1. The Morgan fingerprint density at radius 2 is 1.56 bits per heavy atom. The number of hydrogen-bond donors (Lipinski definition) is 0. The second-order valence-corrected chi connectivity index (χ2v) is 6.22. The molecule has 2 aromatic carbocycles. The van der Waals surface area contributed by atoms with Crippen LogP contribution in [0.15, 0.2) is 71.3 Å². The number of furan rings is 1. The molecule has 3 aromatic rings. The largest absolute Gasteiger partial charge is 0.459 e. The van der Waals surface area contributed by atoms with Gasteiger partial charge in [-0.05, 0) is 42.8 Å². The summed E-state index contributed by atoms with van der Waals surface area (Å²) < 4.78 is 5.24. The third-order valence-corrected chi connectivity index (χ3v) is 4.54. The molecule has 0 N–H and O–H groups in total. The summed E-state index contributed by atoms with van der Waals surface area (Å²) in [7, 11) is 0. The van der Waals surface area contributed by atoms with Gasteiger partial charge in [0.15, 0.2) is 5.76 Å². The highest BCUT2D eigenvalue weighted by Crippen LogP contribution is 2.27. The molecule has 4 rings (SSSR count). The van der Waals surface area contributed by atoms with Crippen LogP contribution >= 0.6 is 0 Å². The zero-order valence-corrected chi connectivity index (χ0v) is 14.6. The second kappa shape index (κ2) is 6.57. The molecule has 1 aliphatic rings. The number of aryl methyl sites for hydroxylation is 1. The number of anilines is 1. The first kappa shape index (κ1) is 16.8. The normalized spacial score (nSPS) is 13.0. The Balaban J connectivity index is 1.73. The Morgan fingerprint density at radius 1 is 0.926 bits per heavy atom. The lowest BCUT2D eigenvalue weighted by Crippen LogP contribution is -2.44. The van der Waals surface area contributed by atoms with Gasteiger partial charge >= 0.3 is 0 Å². The number of carbonyl (C=O) groups excluding carboxylic acids is 3. The molecule has 1 aliphatic heterocycles. The van der Waals surface area contributed by atoms with E-state index < -0.39 is 17.7 Å². The average molecular weight is 360 g/mol. The van der Waals surface area contributed by atoms with Crippen molar-refractivity contribution in [1.29, 1.82) is 0 Å². The second-order valence-electron chi connectivity index (χ2n) is 6.22. The summed E-state index contributed by atoms with van der Waals surface area (Å²) >= 11 is 0. The topological polar surface area (TPSA) is 70.8 Å². The molecule has 27 heavy (non-hydrogen) atoms. The van der Waals surface area contributed by atoms with Crippen LogP contribution in [-0.2, 0) is 0 Å². The number of fused-ring (bicyclic) bond motifs is 1. The van der Waals surface area contributed by atoms with Crippen LogP contribution in [0, 0.1) is 6.92 Å². The van der Waals surface area contributed by atoms with Gasteiger partial charge in [-0.2, -0.15) is 0 Å². The molecule has 0 radical (unpaired) electrons. The third kappa shape index (κ3) is 2.81. The average Bonchev–Trinajstić information content (AvgIpc) is 3.30. The van der Waals surface area contributed by atoms with Gasteiger partial charge in [0, 0.05) is 5.69 Å². The first-order valence-electron chi connectivity index (χ1n) is 8.44. The third-order valence-electron chi connectivity index (χ3n) is 4.54. The summed E-state index contributed by atoms with van der Waals surface area (Å²) in [6, 6.07) is 17.1. The SMILES string of the molecule is Cc1ccccc1N(CN1C(=O)c2ccccc2C1=O)C(=O)c1ccco1. The Bertz CT molecular complexity index is 1000. The fourth-order valence-corrected chi connectivity index (χ4v) is 3.16. The van der Waals surface area contributed by atoms with Crippen LogP contribution in [0.25, 0.3) is 0 Å². The maximum absolute atomic E-state index is 13.0. The molecule has 0 spiro atoms. The zero-order chi connectivity index (χ0) is 19.0. The summed E-state index contributed by atoms with van der Waals surface area (Å²) in [5, 5.41) is 0. The summed E-state index contributed by atoms with van der Waals surface area (Å²) in [4.78, 5) is 40.9. The molecule has 0 atom stereocenters. The quantitative estimate of drug-likeness (QED) is 0.668. The number of hydrogen-bond acceptors (Lipinski definition) is 4. The molecular formula is C21H16N2O4. The van der Waals surface area contributed by atoms with Crippen LogP contribution in [0.2, 0.25) is 0 Å². The fourth-order valence-electron chi connectivity index (χ4n) is 3.16. The van der Waals surface area contributed by atoms with E-state index in [0.717, 1.165) is 10.5 Å². The summed E-state index contributed by atoms with van der Waals surface area (Å²) in [6.45, 7) is 1.66. The highest BCUT2D eigenvalue weighted by atomic mass is 16.3. The Morgan fingerprint density at radius 3 is 2.15 bits per heavy atom. The molecule has 0 bridgehead atoms. The van der Waals surface area contributed by atoms with Crippen molar-refractivity contribution in [2.24, 2.45) is 0 Å². The van der Waals surface area contributed by atoms with Crippen molar-refractivity contribution in [3.8, 4) is 0 Å². The van der Waals surface area contributed by atoms with Crippen molar-refractivity contribution in [1.82, 2.24) is 4.90 Å². The van der Waals surface area contributed by atoms with Crippen molar-refractivity contribution in [3.63, 3.8) is 0 Å². The van der Waals surface area contributed by atoms with E-state index in [1.807, 2.05) is 19.1 Å². The van der Waals surface area contributed by atoms with Gasteiger partial charge in [0.05, 0.1) is 17.4 Å². The zero-order valence-electron chi connectivity index (χ0n) is 14.6. The first-order chi connectivity index (χ1) is 13.1. The van der Waals surface area contributed by atoms with Gasteiger partial charge in [0.1, 0.15) is 6.67 Å². The van der Waals surface area contributed by atoms with Gasteiger partial charge in [0.2, 0.25) is 0 Å². The van der Waals surface area contributed by atoms with Crippen molar-refractivity contribution < 1.29 is 18.8 Å². The standard InChI is InChI=1S/C21H16N2O4/c1-14-7-2-5-10-17(14)22(21(26)18-11-6-12-27-18)13-23-19(24)15-8-3-4-9-16(15)20(23)25/h2-12H,13H2,1H3.